The van der Waals surface area contributed by atoms with Crippen LogP contribution in [0.1, 0.15) is 57.8 Å². The van der Waals surface area contributed by atoms with Crippen molar-refractivity contribution in [2.45, 2.75) is 44.6 Å². The summed E-state index contributed by atoms with van der Waals surface area (Å²) in [5, 5.41) is 3.60. The third-order valence-electron chi connectivity index (χ3n) is 5.97. The molecule has 28 heavy (non-hydrogen) atoms. The molecule has 0 fully saturated rings. The molecule has 0 amide bonds. The van der Waals surface area contributed by atoms with E-state index >= 15 is 0 Å². The fourth-order valence-electron chi connectivity index (χ4n) is 4.51. The lowest BCUT2D eigenvalue weighted by molar-refractivity contribution is 0.106. The molecule has 4 rings (SSSR count). The summed E-state index contributed by atoms with van der Waals surface area (Å²) in [6.45, 7) is 2.59. The SMILES string of the molecule is COc1cccc2c1CCCC2CCNCCc1ccc2c(c1)CN=CC2=O. The maximum atomic E-state index is 11.8. The van der Waals surface area contributed by atoms with Crippen molar-refractivity contribution in [3.8, 4) is 5.75 Å². The van der Waals surface area contributed by atoms with E-state index in [-0.39, 0.29) is 5.78 Å². The molecule has 0 saturated heterocycles. The second-order valence-corrected chi connectivity index (χ2v) is 7.73. The number of ether oxygens (including phenoxy) is 1. The Morgan fingerprint density at radius 1 is 1.21 bits per heavy atom. The van der Waals surface area contributed by atoms with Crippen LogP contribution in [0.3, 0.4) is 0 Å². The molecule has 1 heterocycles. The standard InChI is InChI=1S/C24H28N2O2/c1-28-24-7-3-5-20-18(4-2-6-22(20)24)11-13-25-12-10-17-8-9-21-19(14-17)15-26-16-23(21)27/h3,5,7-9,14,16,18,25H,2,4,6,10-13,15H2,1H3. The Morgan fingerprint density at radius 3 is 3.04 bits per heavy atom. The lowest BCUT2D eigenvalue weighted by atomic mass is 9.80. The van der Waals surface area contributed by atoms with Gasteiger partial charge in [-0.25, -0.2) is 0 Å². The molecule has 2 aromatic rings. The zero-order valence-corrected chi connectivity index (χ0v) is 16.5. The molecule has 0 bridgehead atoms. The number of hydrogen-bond donors (Lipinski definition) is 1. The van der Waals surface area contributed by atoms with Gasteiger partial charge in [0, 0.05) is 5.56 Å². The number of carbonyl (C=O) groups excluding carboxylic acids is 1. The van der Waals surface area contributed by atoms with Crippen LogP contribution in [0.2, 0.25) is 0 Å². The van der Waals surface area contributed by atoms with Gasteiger partial charge in [-0.3, -0.25) is 9.79 Å². The highest BCUT2D eigenvalue weighted by Gasteiger charge is 2.22. The van der Waals surface area contributed by atoms with Gasteiger partial charge in [-0.2, -0.15) is 0 Å². The van der Waals surface area contributed by atoms with E-state index in [2.05, 4.69) is 40.6 Å². The summed E-state index contributed by atoms with van der Waals surface area (Å²) in [6, 6.07) is 12.6. The lowest BCUT2D eigenvalue weighted by Crippen LogP contribution is -2.22. The van der Waals surface area contributed by atoms with Crippen LogP contribution in [-0.2, 0) is 19.4 Å². The van der Waals surface area contributed by atoms with E-state index in [4.69, 9.17) is 4.74 Å². The number of Topliss-reactive ketones (excluding diaryl/α,β-unsaturated/α-hetero) is 1. The van der Waals surface area contributed by atoms with Crippen molar-refractivity contribution in [2.24, 2.45) is 4.99 Å². The first kappa shape index (κ1) is 18.9. The smallest absolute Gasteiger partial charge is 0.203 e. The van der Waals surface area contributed by atoms with Crippen LogP contribution in [0, 0.1) is 0 Å². The average Bonchev–Trinajstić information content (AvgIpc) is 2.73. The summed E-state index contributed by atoms with van der Waals surface area (Å²) >= 11 is 0. The Kier molecular flexibility index (Phi) is 5.87. The zero-order valence-electron chi connectivity index (χ0n) is 16.5. The monoisotopic (exact) mass is 376 g/mol. The molecule has 2 aromatic carbocycles. The van der Waals surface area contributed by atoms with Gasteiger partial charge in [-0.05, 0) is 79.4 Å². The highest BCUT2D eigenvalue weighted by atomic mass is 16.5. The average molecular weight is 377 g/mol. The largest absolute Gasteiger partial charge is 0.496 e. The second-order valence-electron chi connectivity index (χ2n) is 7.73. The number of hydrogen-bond acceptors (Lipinski definition) is 4. The first-order valence-corrected chi connectivity index (χ1v) is 10.3. The fourth-order valence-corrected chi connectivity index (χ4v) is 4.51. The van der Waals surface area contributed by atoms with Crippen molar-refractivity contribution in [1.29, 1.82) is 0 Å². The minimum Gasteiger partial charge on any atom is -0.496 e. The van der Waals surface area contributed by atoms with Gasteiger partial charge >= 0.3 is 0 Å². The van der Waals surface area contributed by atoms with Gasteiger partial charge in [0.2, 0.25) is 5.78 Å². The zero-order chi connectivity index (χ0) is 19.3. The summed E-state index contributed by atoms with van der Waals surface area (Å²) in [5.41, 5.74) is 6.01. The number of benzene rings is 2. The topological polar surface area (TPSA) is 50.7 Å². The van der Waals surface area contributed by atoms with Crippen molar-refractivity contribution in [3.05, 3.63) is 64.2 Å². The van der Waals surface area contributed by atoms with Crippen LogP contribution < -0.4 is 10.1 Å². The van der Waals surface area contributed by atoms with Crippen molar-refractivity contribution in [1.82, 2.24) is 5.32 Å². The van der Waals surface area contributed by atoms with Crippen LogP contribution in [-0.4, -0.2) is 32.2 Å². The third kappa shape index (κ3) is 4.02. The van der Waals surface area contributed by atoms with Crippen molar-refractivity contribution >= 4 is 12.0 Å². The molecule has 0 spiro atoms. The van der Waals surface area contributed by atoms with E-state index in [0.717, 1.165) is 49.2 Å². The van der Waals surface area contributed by atoms with Crippen molar-refractivity contribution in [2.75, 3.05) is 20.2 Å². The molecule has 4 nitrogen and oxygen atoms in total. The van der Waals surface area contributed by atoms with E-state index in [1.54, 1.807) is 7.11 Å². The number of carbonyl (C=O) groups is 1. The first-order chi connectivity index (χ1) is 13.8. The van der Waals surface area contributed by atoms with Crippen LogP contribution in [0.25, 0.3) is 0 Å². The number of ketones is 1. The van der Waals surface area contributed by atoms with Crippen molar-refractivity contribution in [3.63, 3.8) is 0 Å². The van der Waals surface area contributed by atoms with E-state index in [1.807, 2.05) is 6.07 Å². The summed E-state index contributed by atoms with van der Waals surface area (Å²) in [5.74, 6) is 1.69. The highest BCUT2D eigenvalue weighted by Crippen LogP contribution is 2.38. The van der Waals surface area contributed by atoms with Crippen molar-refractivity contribution < 1.29 is 9.53 Å². The number of methoxy groups -OCH3 is 1. The molecular formula is C24H28N2O2. The van der Waals surface area contributed by atoms with Gasteiger partial charge in [0.1, 0.15) is 5.75 Å². The van der Waals surface area contributed by atoms with E-state index in [1.165, 1.54) is 35.7 Å². The molecule has 1 unspecified atom stereocenters. The third-order valence-corrected chi connectivity index (χ3v) is 5.97. The minimum absolute atomic E-state index is 0.0234. The Morgan fingerprint density at radius 2 is 2.14 bits per heavy atom. The molecule has 1 aliphatic heterocycles. The van der Waals surface area contributed by atoms with E-state index < -0.39 is 0 Å². The second kappa shape index (κ2) is 8.70. The van der Waals surface area contributed by atoms with E-state index in [9.17, 15) is 4.79 Å². The molecule has 1 atom stereocenters. The number of aliphatic imine (C=N–C) groups is 1. The molecule has 1 N–H and O–H groups in total. The van der Waals surface area contributed by atoms with E-state index in [0.29, 0.717) is 12.5 Å². The normalized spacial score (nSPS) is 17.9. The number of rotatable bonds is 7. The summed E-state index contributed by atoms with van der Waals surface area (Å²) in [6.07, 6.45) is 7.21. The molecule has 1 aliphatic carbocycles. The molecular weight excluding hydrogens is 348 g/mol. The molecule has 2 aliphatic rings. The highest BCUT2D eigenvalue weighted by molar-refractivity contribution is 6.36. The summed E-state index contributed by atoms with van der Waals surface area (Å²) < 4.78 is 5.55. The van der Waals surface area contributed by atoms with Crippen LogP contribution >= 0.6 is 0 Å². The van der Waals surface area contributed by atoms with Gasteiger partial charge in [0.05, 0.1) is 19.9 Å². The quantitative estimate of drug-likeness (QED) is 0.740. The Hall–Kier alpha value is -2.46. The summed E-state index contributed by atoms with van der Waals surface area (Å²) in [7, 11) is 1.77. The van der Waals surface area contributed by atoms with Gasteiger partial charge in [-0.1, -0.05) is 30.3 Å². The molecule has 146 valence electrons. The Balaban J connectivity index is 1.27. The molecule has 0 saturated carbocycles. The fraction of sp³-hybridized carbons (Fsp3) is 0.417. The summed E-state index contributed by atoms with van der Waals surface area (Å²) in [4.78, 5) is 15.9. The van der Waals surface area contributed by atoms with Gasteiger partial charge in [-0.15, -0.1) is 0 Å². The molecule has 0 aromatic heterocycles. The molecule has 0 radical (unpaired) electrons. The maximum Gasteiger partial charge on any atom is 0.203 e. The molecule has 4 heteroatoms. The van der Waals surface area contributed by atoms with Gasteiger partial charge < -0.3 is 10.1 Å². The van der Waals surface area contributed by atoms with Crippen LogP contribution in [0.4, 0.5) is 0 Å². The number of nitrogens with zero attached hydrogens (tertiary/aromatic N) is 1. The van der Waals surface area contributed by atoms with Gasteiger partial charge in [0.15, 0.2) is 0 Å². The Labute approximate surface area is 167 Å². The van der Waals surface area contributed by atoms with Crippen LogP contribution in [0.15, 0.2) is 41.4 Å². The first-order valence-electron chi connectivity index (χ1n) is 10.3. The number of nitrogens with one attached hydrogen (secondary N) is 1. The lowest BCUT2D eigenvalue weighted by Gasteiger charge is -2.27. The maximum absolute atomic E-state index is 11.8. The Bertz CT molecular complexity index is 888. The van der Waals surface area contributed by atoms with Gasteiger partial charge in [0.25, 0.3) is 0 Å². The number of fused-ring (bicyclic) bond motifs is 2. The van der Waals surface area contributed by atoms with Crippen LogP contribution in [0.5, 0.6) is 5.75 Å². The predicted octanol–water partition coefficient (Wildman–Crippen LogP) is 4.10. The minimum atomic E-state index is 0.0234. The predicted molar refractivity (Wildman–Crippen MR) is 113 cm³/mol.